The van der Waals surface area contributed by atoms with Crippen LogP contribution in [0.5, 0.6) is 0 Å². The van der Waals surface area contributed by atoms with Gasteiger partial charge in [0.05, 0.1) is 11.1 Å². The van der Waals surface area contributed by atoms with E-state index in [-0.39, 0.29) is 17.0 Å². The summed E-state index contributed by atoms with van der Waals surface area (Å²) in [7, 11) is 0. The Hall–Kier alpha value is -3.26. The number of carbonyl (C=O) groups excluding carboxylic acids is 1. The molecule has 8 heteroatoms. The summed E-state index contributed by atoms with van der Waals surface area (Å²) in [5.41, 5.74) is 1.17. The minimum absolute atomic E-state index is 0.0117. The number of benzene rings is 1. The van der Waals surface area contributed by atoms with Crippen LogP contribution in [-0.4, -0.2) is 52.5 Å². The van der Waals surface area contributed by atoms with E-state index in [1.165, 1.54) is 12.5 Å². The van der Waals surface area contributed by atoms with Gasteiger partial charge in [0.2, 0.25) is 0 Å². The predicted octanol–water partition coefficient (Wildman–Crippen LogP) is 3.76. The lowest BCUT2D eigenvalue weighted by molar-refractivity contribution is 0.102. The fraction of sp³-hybridized carbons (Fsp3) is 0.348. The predicted molar refractivity (Wildman–Crippen MR) is 117 cm³/mol. The zero-order valence-electron chi connectivity index (χ0n) is 17.4. The summed E-state index contributed by atoms with van der Waals surface area (Å²) in [5, 5.41) is 2.70. The van der Waals surface area contributed by atoms with E-state index in [1.807, 2.05) is 6.07 Å². The average molecular weight is 421 g/mol. The molecule has 0 radical (unpaired) electrons. The second kappa shape index (κ2) is 7.46. The van der Waals surface area contributed by atoms with Gasteiger partial charge in [0.1, 0.15) is 11.3 Å². The van der Waals surface area contributed by atoms with Crippen LogP contribution in [0, 0.1) is 12.7 Å². The van der Waals surface area contributed by atoms with Gasteiger partial charge < -0.3 is 14.6 Å². The molecule has 1 atom stereocenters. The average Bonchev–Trinajstić information content (AvgIpc) is 3.36. The summed E-state index contributed by atoms with van der Waals surface area (Å²) < 4.78 is 19.6. The molecule has 2 aliphatic rings. The highest BCUT2D eigenvalue weighted by atomic mass is 19.1. The number of carbonyl (C=O) groups is 1. The number of pyridine rings is 1. The number of halogens is 1. The SMILES string of the molecule is C=C[C@@]12CCCN1CCN(c1ccc(C(=O)Nc3cc(F)c4nc(C)oc4c3)cn1)C2. The third-order valence-electron chi connectivity index (χ3n) is 6.30. The van der Waals surface area contributed by atoms with Crippen LogP contribution in [0.2, 0.25) is 0 Å². The lowest BCUT2D eigenvalue weighted by Crippen LogP contribution is -2.58. The number of hydrogen-bond donors (Lipinski definition) is 1. The van der Waals surface area contributed by atoms with Crippen molar-refractivity contribution < 1.29 is 13.6 Å². The molecule has 1 amide bonds. The molecule has 1 N–H and O–H groups in total. The number of fused-ring (bicyclic) bond motifs is 2. The minimum atomic E-state index is -0.541. The Kier molecular flexibility index (Phi) is 4.74. The molecule has 0 spiro atoms. The minimum Gasteiger partial charge on any atom is -0.441 e. The van der Waals surface area contributed by atoms with Crippen LogP contribution in [0.4, 0.5) is 15.9 Å². The van der Waals surface area contributed by atoms with Gasteiger partial charge in [-0.25, -0.2) is 14.4 Å². The standard InChI is InChI=1S/C23H24FN5O2/c1-3-23-7-4-8-29(23)10-9-28(14-23)20-6-5-16(13-25-20)22(30)27-17-11-18(24)21-19(12-17)31-15(2)26-21/h3,5-6,11-13H,1,4,7-10,14H2,2H3,(H,27,30)/t23-/m0/s1. The molecule has 2 aliphatic heterocycles. The van der Waals surface area contributed by atoms with Crippen LogP contribution in [-0.2, 0) is 0 Å². The number of amides is 1. The fourth-order valence-electron chi connectivity index (χ4n) is 4.69. The monoisotopic (exact) mass is 421 g/mol. The lowest BCUT2D eigenvalue weighted by Gasteiger charge is -2.46. The van der Waals surface area contributed by atoms with Gasteiger partial charge in [0.15, 0.2) is 17.3 Å². The largest absolute Gasteiger partial charge is 0.441 e. The quantitative estimate of drug-likeness (QED) is 0.647. The molecule has 2 fully saturated rings. The van der Waals surface area contributed by atoms with Crippen molar-refractivity contribution in [1.82, 2.24) is 14.9 Å². The molecule has 0 unspecified atom stereocenters. The highest BCUT2D eigenvalue weighted by molar-refractivity contribution is 6.04. The summed E-state index contributed by atoms with van der Waals surface area (Å²) in [6.07, 6.45) is 5.92. The molecule has 2 aromatic heterocycles. The maximum atomic E-state index is 14.2. The number of aryl methyl sites for hydroxylation is 1. The number of nitrogens with zero attached hydrogens (tertiary/aromatic N) is 4. The van der Waals surface area contributed by atoms with Gasteiger partial charge >= 0.3 is 0 Å². The van der Waals surface area contributed by atoms with Crippen LogP contribution >= 0.6 is 0 Å². The number of rotatable bonds is 4. The Morgan fingerprint density at radius 2 is 2.19 bits per heavy atom. The number of piperazine rings is 1. The van der Waals surface area contributed by atoms with E-state index in [1.54, 1.807) is 25.3 Å². The Labute approximate surface area is 179 Å². The number of oxazole rings is 1. The van der Waals surface area contributed by atoms with Crippen molar-refractivity contribution in [2.75, 3.05) is 36.4 Å². The van der Waals surface area contributed by atoms with Crippen molar-refractivity contribution in [3.8, 4) is 0 Å². The normalized spacial score (nSPS) is 21.3. The van der Waals surface area contributed by atoms with Crippen LogP contribution < -0.4 is 10.2 Å². The summed E-state index contributed by atoms with van der Waals surface area (Å²) in [6.45, 7) is 9.56. The molecule has 31 heavy (non-hydrogen) atoms. The summed E-state index contributed by atoms with van der Waals surface area (Å²) in [6, 6.07) is 6.40. The van der Waals surface area contributed by atoms with Gasteiger partial charge in [-0.2, -0.15) is 0 Å². The second-order valence-corrected chi connectivity index (χ2v) is 8.22. The molecule has 0 saturated carbocycles. The Morgan fingerprint density at radius 3 is 2.97 bits per heavy atom. The molecule has 3 aromatic rings. The molecule has 4 heterocycles. The van der Waals surface area contributed by atoms with Crippen LogP contribution in [0.25, 0.3) is 11.1 Å². The first-order valence-corrected chi connectivity index (χ1v) is 10.5. The second-order valence-electron chi connectivity index (χ2n) is 8.22. The summed E-state index contributed by atoms with van der Waals surface area (Å²) in [4.78, 5) is 25.9. The van der Waals surface area contributed by atoms with E-state index < -0.39 is 5.82 Å². The summed E-state index contributed by atoms with van der Waals surface area (Å²) >= 11 is 0. The molecular formula is C23H24FN5O2. The van der Waals surface area contributed by atoms with E-state index in [0.29, 0.717) is 22.7 Å². The first-order valence-electron chi connectivity index (χ1n) is 10.5. The van der Waals surface area contributed by atoms with E-state index in [2.05, 4.69) is 37.7 Å². The van der Waals surface area contributed by atoms with Gasteiger partial charge in [0, 0.05) is 44.5 Å². The Morgan fingerprint density at radius 1 is 1.32 bits per heavy atom. The van der Waals surface area contributed by atoms with Crippen molar-refractivity contribution in [3.05, 3.63) is 60.4 Å². The van der Waals surface area contributed by atoms with Crippen LogP contribution in [0.3, 0.4) is 0 Å². The van der Waals surface area contributed by atoms with Crippen molar-refractivity contribution in [1.29, 1.82) is 0 Å². The van der Waals surface area contributed by atoms with E-state index >= 15 is 0 Å². The first-order chi connectivity index (χ1) is 15.0. The molecule has 5 rings (SSSR count). The van der Waals surface area contributed by atoms with Crippen LogP contribution in [0.1, 0.15) is 29.1 Å². The number of hydrogen-bond acceptors (Lipinski definition) is 6. The number of nitrogens with one attached hydrogen (secondary N) is 1. The van der Waals surface area contributed by atoms with Gasteiger partial charge in [0.25, 0.3) is 5.91 Å². The molecule has 7 nitrogen and oxygen atoms in total. The molecular weight excluding hydrogens is 397 g/mol. The summed E-state index contributed by atoms with van der Waals surface area (Å²) in [5.74, 6) is 0.306. The Bertz CT molecular complexity index is 1160. The lowest BCUT2D eigenvalue weighted by atomic mass is 9.93. The highest BCUT2D eigenvalue weighted by Crippen LogP contribution is 2.35. The zero-order chi connectivity index (χ0) is 21.6. The maximum Gasteiger partial charge on any atom is 0.257 e. The molecule has 2 saturated heterocycles. The van der Waals surface area contributed by atoms with Gasteiger partial charge in [-0.3, -0.25) is 9.69 Å². The fourth-order valence-corrected chi connectivity index (χ4v) is 4.69. The third-order valence-corrected chi connectivity index (χ3v) is 6.30. The van der Waals surface area contributed by atoms with E-state index in [4.69, 9.17) is 4.42 Å². The van der Waals surface area contributed by atoms with Crippen molar-refractivity contribution in [3.63, 3.8) is 0 Å². The highest BCUT2D eigenvalue weighted by Gasteiger charge is 2.42. The van der Waals surface area contributed by atoms with Crippen LogP contribution in [0.15, 0.2) is 47.5 Å². The first kappa shape index (κ1) is 19.7. The molecule has 0 bridgehead atoms. The number of aromatic nitrogens is 2. The molecule has 1 aromatic carbocycles. The zero-order valence-corrected chi connectivity index (χ0v) is 17.4. The van der Waals surface area contributed by atoms with Crippen molar-refractivity contribution >= 4 is 28.5 Å². The smallest absolute Gasteiger partial charge is 0.257 e. The molecule has 0 aliphatic carbocycles. The van der Waals surface area contributed by atoms with E-state index in [9.17, 15) is 9.18 Å². The maximum absolute atomic E-state index is 14.2. The Balaban J connectivity index is 1.31. The van der Waals surface area contributed by atoms with Crippen molar-refractivity contribution in [2.24, 2.45) is 0 Å². The molecule has 160 valence electrons. The van der Waals surface area contributed by atoms with Crippen molar-refractivity contribution in [2.45, 2.75) is 25.3 Å². The van der Waals surface area contributed by atoms with Gasteiger partial charge in [-0.1, -0.05) is 6.08 Å². The number of anilines is 2. The third kappa shape index (κ3) is 3.46. The topological polar surface area (TPSA) is 74.5 Å². The van der Waals surface area contributed by atoms with Gasteiger partial charge in [-0.15, -0.1) is 6.58 Å². The van der Waals surface area contributed by atoms with Gasteiger partial charge in [-0.05, 0) is 37.6 Å². The van der Waals surface area contributed by atoms with E-state index in [0.717, 1.165) is 38.4 Å².